The molecular formula is C22H22N2O4. The summed E-state index contributed by atoms with van der Waals surface area (Å²) < 4.78 is 10.7. The Bertz CT molecular complexity index is 952. The molecule has 6 nitrogen and oxygen atoms in total. The highest BCUT2D eigenvalue weighted by Gasteiger charge is 2.40. The van der Waals surface area contributed by atoms with Crippen LogP contribution < -0.4 is 14.4 Å². The van der Waals surface area contributed by atoms with Gasteiger partial charge in [0.05, 0.1) is 26.1 Å². The number of benzene rings is 1. The highest BCUT2D eigenvalue weighted by atomic mass is 16.5. The normalized spacial score (nSPS) is 19.5. The Kier molecular flexibility index (Phi) is 4.86. The van der Waals surface area contributed by atoms with Crippen LogP contribution in [0.1, 0.15) is 37.2 Å². The maximum atomic E-state index is 13.1. The third-order valence-electron chi connectivity index (χ3n) is 5.39. The Hall–Kier alpha value is -3.15. The molecule has 0 saturated carbocycles. The van der Waals surface area contributed by atoms with Crippen molar-refractivity contribution in [2.45, 2.75) is 31.6 Å². The van der Waals surface area contributed by atoms with Crippen LogP contribution in [0.3, 0.4) is 0 Å². The molecule has 1 aromatic carbocycles. The van der Waals surface area contributed by atoms with Gasteiger partial charge >= 0.3 is 0 Å². The van der Waals surface area contributed by atoms with Crippen molar-refractivity contribution in [2.75, 3.05) is 19.1 Å². The van der Waals surface area contributed by atoms with E-state index in [0.29, 0.717) is 30.0 Å². The first-order valence-corrected chi connectivity index (χ1v) is 9.35. The Morgan fingerprint density at radius 2 is 1.89 bits per heavy atom. The van der Waals surface area contributed by atoms with E-state index in [1.165, 1.54) is 0 Å². The number of allylic oxidation sites excluding steroid dienone is 2. The summed E-state index contributed by atoms with van der Waals surface area (Å²) >= 11 is 0. The third-order valence-corrected chi connectivity index (χ3v) is 5.39. The van der Waals surface area contributed by atoms with E-state index in [1.807, 2.05) is 24.3 Å². The summed E-state index contributed by atoms with van der Waals surface area (Å²) in [5.74, 6) is 1.02. The summed E-state index contributed by atoms with van der Waals surface area (Å²) in [6, 6.07) is 9.24. The Balaban J connectivity index is 1.84. The van der Waals surface area contributed by atoms with Crippen LogP contribution in [0.2, 0.25) is 0 Å². The minimum atomic E-state index is -0.275. The molecule has 2 aromatic rings. The van der Waals surface area contributed by atoms with Crippen LogP contribution in [0.5, 0.6) is 11.5 Å². The molecule has 1 amide bonds. The van der Waals surface area contributed by atoms with E-state index in [-0.39, 0.29) is 24.0 Å². The first-order valence-electron chi connectivity index (χ1n) is 9.35. The fourth-order valence-electron chi connectivity index (χ4n) is 4.13. The topological polar surface area (TPSA) is 68.7 Å². The molecule has 0 radical (unpaired) electrons. The summed E-state index contributed by atoms with van der Waals surface area (Å²) in [6.45, 7) is 0. The van der Waals surface area contributed by atoms with Crippen molar-refractivity contribution in [2.24, 2.45) is 0 Å². The van der Waals surface area contributed by atoms with E-state index in [1.54, 1.807) is 37.6 Å². The molecule has 1 aromatic heterocycles. The molecule has 0 saturated heterocycles. The second-order valence-corrected chi connectivity index (χ2v) is 6.95. The molecule has 0 N–H and O–H groups in total. The molecule has 28 heavy (non-hydrogen) atoms. The lowest BCUT2D eigenvalue weighted by molar-refractivity contribution is -0.119. The van der Waals surface area contributed by atoms with Gasteiger partial charge in [-0.05, 0) is 42.7 Å². The molecule has 144 valence electrons. The SMILES string of the molecule is COc1ccc(C2CC(=O)N(c3cccnc3)C3=C2C(=O)CCC3)cc1OC. The maximum Gasteiger partial charge on any atom is 0.232 e. The molecule has 1 aliphatic carbocycles. The van der Waals surface area contributed by atoms with Crippen molar-refractivity contribution in [3.05, 3.63) is 59.6 Å². The predicted molar refractivity (Wildman–Crippen MR) is 105 cm³/mol. The van der Waals surface area contributed by atoms with Gasteiger partial charge in [-0.3, -0.25) is 19.5 Å². The lowest BCUT2D eigenvalue weighted by Gasteiger charge is -2.38. The monoisotopic (exact) mass is 378 g/mol. The number of methoxy groups -OCH3 is 2. The molecule has 0 spiro atoms. The largest absolute Gasteiger partial charge is 0.493 e. The van der Waals surface area contributed by atoms with Crippen LogP contribution in [0, 0.1) is 0 Å². The van der Waals surface area contributed by atoms with Crippen LogP contribution in [0.25, 0.3) is 0 Å². The minimum Gasteiger partial charge on any atom is -0.493 e. The van der Waals surface area contributed by atoms with E-state index in [0.717, 1.165) is 23.3 Å². The lowest BCUT2D eigenvalue weighted by atomic mass is 9.77. The molecule has 1 atom stereocenters. The van der Waals surface area contributed by atoms with Gasteiger partial charge < -0.3 is 9.47 Å². The number of amides is 1. The number of pyridine rings is 1. The number of carbonyl (C=O) groups is 2. The average molecular weight is 378 g/mol. The summed E-state index contributed by atoms with van der Waals surface area (Å²) in [4.78, 5) is 31.8. The fraction of sp³-hybridized carbons (Fsp3) is 0.318. The van der Waals surface area contributed by atoms with Crippen molar-refractivity contribution in [3.8, 4) is 11.5 Å². The molecule has 2 aliphatic rings. The van der Waals surface area contributed by atoms with E-state index >= 15 is 0 Å². The van der Waals surface area contributed by atoms with Gasteiger partial charge in [-0.25, -0.2) is 0 Å². The van der Waals surface area contributed by atoms with Gasteiger partial charge in [0, 0.05) is 36.2 Å². The summed E-state index contributed by atoms with van der Waals surface area (Å²) in [5.41, 5.74) is 3.14. The van der Waals surface area contributed by atoms with E-state index in [9.17, 15) is 9.59 Å². The zero-order valence-corrected chi connectivity index (χ0v) is 16.0. The van der Waals surface area contributed by atoms with Crippen molar-refractivity contribution < 1.29 is 19.1 Å². The van der Waals surface area contributed by atoms with Gasteiger partial charge in [-0.1, -0.05) is 6.07 Å². The van der Waals surface area contributed by atoms with Crippen LogP contribution in [0.4, 0.5) is 5.69 Å². The Morgan fingerprint density at radius 3 is 2.61 bits per heavy atom. The van der Waals surface area contributed by atoms with Gasteiger partial charge in [0.15, 0.2) is 17.3 Å². The number of anilines is 1. The molecule has 4 rings (SSSR count). The van der Waals surface area contributed by atoms with Crippen molar-refractivity contribution in [1.29, 1.82) is 0 Å². The quantitative estimate of drug-likeness (QED) is 0.813. The van der Waals surface area contributed by atoms with E-state index in [2.05, 4.69) is 4.98 Å². The Labute approximate surface area is 163 Å². The third kappa shape index (κ3) is 3.05. The van der Waals surface area contributed by atoms with Crippen LogP contribution in [0.15, 0.2) is 54.0 Å². The highest BCUT2D eigenvalue weighted by Crippen LogP contribution is 2.44. The van der Waals surface area contributed by atoms with Gasteiger partial charge in [-0.2, -0.15) is 0 Å². The van der Waals surface area contributed by atoms with Gasteiger partial charge in [0.1, 0.15) is 0 Å². The van der Waals surface area contributed by atoms with Crippen molar-refractivity contribution in [1.82, 2.24) is 4.98 Å². The Morgan fingerprint density at radius 1 is 1.07 bits per heavy atom. The smallest absolute Gasteiger partial charge is 0.232 e. The number of Topliss-reactive ketones (excluding diaryl/α,β-unsaturated/α-hetero) is 1. The second kappa shape index (κ2) is 7.46. The molecule has 1 aliphatic heterocycles. The summed E-state index contributed by atoms with van der Waals surface area (Å²) in [5, 5.41) is 0. The zero-order valence-electron chi connectivity index (χ0n) is 16.0. The number of aromatic nitrogens is 1. The molecule has 1 unspecified atom stereocenters. The lowest BCUT2D eigenvalue weighted by Crippen LogP contribution is -2.40. The van der Waals surface area contributed by atoms with Crippen molar-refractivity contribution >= 4 is 17.4 Å². The number of carbonyl (C=O) groups excluding carboxylic acids is 2. The van der Waals surface area contributed by atoms with Crippen LogP contribution >= 0.6 is 0 Å². The van der Waals surface area contributed by atoms with Crippen LogP contribution in [-0.4, -0.2) is 30.9 Å². The first-order chi connectivity index (χ1) is 13.6. The minimum absolute atomic E-state index is 0.0266. The average Bonchev–Trinajstić information content (AvgIpc) is 2.73. The fourth-order valence-corrected chi connectivity index (χ4v) is 4.13. The standard InChI is InChI=1S/C22H22N2O4/c1-27-19-9-8-14(11-20(19)28-2)16-12-21(26)24(15-5-4-10-23-13-15)17-6-3-7-18(25)22(16)17/h4-5,8-11,13,16H,3,6-7,12H2,1-2H3. The predicted octanol–water partition coefficient (Wildman–Crippen LogP) is 3.63. The second-order valence-electron chi connectivity index (χ2n) is 6.95. The number of hydrogen-bond acceptors (Lipinski definition) is 5. The number of rotatable bonds is 4. The van der Waals surface area contributed by atoms with E-state index in [4.69, 9.17) is 9.47 Å². The molecule has 0 bridgehead atoms. The first kappa shape index (κ1) is 18.2. The summed E-state index contributed by atoms with van der Waals surface area (Å²) in [7, 11) is 3.16. The number of hydrogen-bond donors (Lipinski definition) is 0. The number of nitrogens with zero attached hydrogens (tertiary/aromatic N) is 2. The van der Waals surface area contributed by atoms with Crippen LogP contribution in [-0.2, 0) is 9.59 Å². The number of ether oxygens (including phenoxy) is 2. The molecule has 6 heteroatoms. The highest BCUT2D eigenvalue weighted by molar-refractivity contribution is 6.07. The summed E-state index contributed by atoms with van der Waals surface area (Å²) in [6.07, 6.45) is 5.53. The number of ketones is 1. The molecular weight excluding hydrogens is 356 g/mol. The van der Waals surface area contributed by atoms with Gasteiger partial charge in [-0.15, -0.1) is 0 Å². The van der Waals surface area contributed by atoms with Gasteiger partial charge in [0.25, 0.3) is 0 Å². The van der Waals surface area contributed by atoms with E-state index < -0.39 is 0 Å². The maximum absolute atomic E-state index is 13.1. The molecule has 2 heterocycles. The zero-order chi connectivity index (χ0) is 19.7. The van der Waals surface area contributed by atoms with Crippen molar-refractivity contribution in [3.63, 3.8) is 0 Å². The van der Waals surface area contributed by atoms with Gasteiger partial charge in [0.2, 0.25) is 5.91 Å². The molecule has 0 fully saturated rings.